The Hall–Kier alpha value is -1.31. The van der Waals surface area contributed by atoms with Crippen LogP contribution in [-0.2, 0) is 6.42 Å². The fourth-order valence-electron chi connectivity index (χ4n) is 1.79. The Bertz CT molecular complexity index is 330. The molecule has 1 aromatic carbocycles. The van der Waals surface area contributed by atoms with E-state index in [9.17, 15) is 0 Å². The lowest BCUT2D eigenvalue weighted by molar-refractivity contribution is 0.316. The zero-order valence-corrected chi connectivity index (χ0v) is 6.99. The van der Waals surface area contributed by atoms with Gasteiger partial charge in [-0.15, -0.1) is 0 Å². The second kappa shape index (κ2) is 2.63. The van der Waals surface area contributed by atoms with Crippen LogP contribution in [0, 0.1) is 5.92 Å². The Labute approximate surface area is 71.5 Å². The number of nitrogens with zero attached hydrogens (tertiary/aromatic N) is 1. The number of hydrogen-bond acceptors (Lipinski definition) is 2. The minimum atomic E-state index is 0.354. The van der Waals surface area contributed by atoms with Crippen molar-refractivity contribution in [3.63, 3.8) is 0 Å². The van der Waals surface area contributed by atoms with Crippen LogP contribution in [0.15, 0.2) is 29.4 Å². The van der Waals surface area contributed by atoms with Gasteiger partial charge in [0.05, 0.1) is 5.71 Å². The molecule has 2 heteroatoms. The fraction of sp³-hybridized carbons (Fsp3) is 0.300. The molecular weight excluding hydrogens is 150 g/mol. The van der Waals surface area contributed by atoms with Gasteiger partial charge in [-0.2, -0.15) is 0 Å². The van der Waals surface area contributed by atoms with Gasteiger partial charge in [-0.3, -0.25) is 0 Å². The van der Waals surface area contributed by atoms with Crippen molar-refractivity contribution in [2.24, 2.45) is 11.1 Å². The smallest absolute Gasteiger partial charge is 0.0901 e. The Balaban J connectivity index is 2.55. The van der Waals surface area contributed by atoms with Crippen LogP contribution in [0.2, 0.25) is 0 Å². The molecule has 0 radical (unpaired) electrons. The van der Waals surface area contributed by atoms with Gasteiger partial charge in [0.1, 0.15) is 0 Å². The second-order valence-electron chi connectivity index (χ2n) is 3.25. The lowest BCUT2D eigenvalue weighted by Crippen LogP contribution is -2.05. The van der Waals surface area contributed by atoms with Crippen molar-refractivity contribution < 1.29 is 5.21 Å². The third-order valence-corrected chi connectivity index (χ3v) is 2.39. The Morgan fingerprint density at radius 2 is 2.17 bits per heavy atom. The van der Waals surface area contributed by atoms with Gasteiger partial charge in [0.25, 0.3) is 0 Å². The molecule has 2 nitrogen and oxygen atoms in total. The summed E-state index contributed by atoms with van der Waals surface area (Å²) in [6.45, 7) is 2.08. The maximum atomic E-state index is 8.77. The minimum absolute atomic E-state index is 0.354. The zero-order valence-electron chi connectivity index (χ0n) is 6.99. The lowest BCUT2D eigenvalue weighted by Gasteiger charge is -1.99. The average molecular weight is 161 g/mol. The Morgan fingerprint density at radius 1 is 1.42 bits per heavy atom. The van der Waals surface area contributed by atoms with E-state index in [1.54, 1.807) is 0 Å². The van der Waals surface area contributed by atoms with E-state index in [-0.39, 0.29) is 0 Å². The van der Waals surface area contributed by atoms with E-state index in [1.807, 2.05) is 18.2 Å². The topological polar surface area (TPSA) is 32.6 Å². The SMILES string of the molecule is CC1Cc2ccccc2/C1=N/O. The number of benzene rings is 1. The van der Waals surface area contributed by atoms with Crippen molar-refractivity contribution in [2.75, 3.05) is 0 Å². The molecule has 0 fully saturated rings. The standard InChI is InChI=1S/C10H11NO/c1-7-6-8-4-2-3-5-9(8)10(7)11-12/h2-5,7,12H,6H2,1H3/b11-10+. The predicted molar refractivity (Wildman–Crippen MR) is 47.6 cm³/mol. The zero-order chi connectivity index (χ0) is 8.55. The molecule has 1 N–H and O–H groups in total. The molecule has 2 rings (SSSR count). The summed E-state index contributed by atoms with van der Waals surface area (Å²) in [6, 6.07) is 8.09. The Kier molecular flexibility index (Phi) is 1.61. The molecule has 0 heterocycles. The molecule has 1 aliphatic rings. The maximum absolute atomic E-state index is 8.77. The Morgan fingerprint density at radius 3 is 2.92 bits per heavy atom. The molecule has 0 aliphatic heterocycles. The molecule has 0 aromatic heterocycles. The van der Waals surface area contributed by atoms with E-state index < -0.39 is 0 Å². The molecule has 1 unspecified atom stereocenters. The summed E-state index contributed by atoms with van der Waals surface area (Å²) in [5.41, 5.74) is 3.22. The largest absolute Gasteiger partial charge is 0.411 e. The summed E-state index contributed by atoms with van der Waals surface area (Å²) in [6.07, 6.45) is 0.996. The number of fused-ring (bicyclic) bond motifs is 1. The van der Waals surface area contributed by atoms with Crippen LogP contribution < -0.4 is 0 Å². The summed E-state index contributed by atoms with van der Waals surface area (Å²) in [5.74, 6) is 0.354. The molecule has 1 aliphatic carbocycles. The predicted octanol–water partition coefficient (Wildman–Crippen LogP) is 2.06. The summed E-state index contributed by atoms with van der Waals surface area (Å²) >= 11 is 0. The maximum Gasteiger partial charge on any atom is 0.0901 e. The highest BCUT2D eigenvalue weighted by Gasteiger charge is 2.24. The molecule has 0 bridgehead atoms. The molecule has 62 valence electrons. The fourth-order valence-corrected chi connectivity index (χ4v) is 1.79. The summed E-state index contributed by atoms with van der Waals surface area (Å²) in [5, 5.41) is 12.1. The van der Waals surface area contributed by atoms with Gasteiger partial charge >= 0.3 is 0 Å². The van der Waals surface area contributed by atoms with E-state index >= 15 is 0 Å². The van der Waals surface area contributed by atoms with Gasteiger partial charge in [0.15, 0.2) is 0 Å². The average Bonchev–Trinajstić information content (AvgIpc) is 2.40. The third-order valence-electron chi connectivity index (χ3n) is 2.39. The summed E-state index contributed by atoms with van der Waals surface area (Å²) in [4.78, 5) is 0. The monoisotopic (exact) mass is 161 g/mol. The van der Waals surface area contributed by atoms with Gasteiger partial charge in [-0.1, -0.05) is 36.3 Å². The summed E-state index contributed by atoms with van der Waals surface area (Å²) in [7, 11) is 0. The quantitative estimate of drug-likeness (QED) is 0.458. The van der Waals surface area contributed by atoms with E-state index in [2.05, 4.69) is 18.1 Å². The highest BCUT2D eigenvalue weighted by molar-refractivity contribution is 6.05. The second-order valence-corrected chi connectivity index (χ2v) is 3.25. The van der Waals surface area contributed by atoms with Crippen LogP contribution in [0.25, 0.3) is 0 Å². The third kappa shape index (κ3) is 0.916. The van der Waals surface area contributed by atoms with Crippen LogP contribution >= 0.6 is 0 Å². The van der Waals surface area contributed by atoms with Gasteiger partial charge in [0.2, 0.25) is 0 Å². The first kappa shape index (κ1) is 7.35. The molecule has 0 saturated heterocycles. The molecule has 0 spiro atoms. The number of oxime groups is 1. The molecular formula is C10H11NO. The number of rotatable bonds is 0. The molecule has 0 saturated carbocycles. The van der Waals surface area contributed by atoms with Crippen molar-refractivity contribution in [3.8, 4) is 0 Å². The van der Waals surface area contributed by atoms with Crippen LogP contribution in [0.1, 0.15) is 18.1 Å². The van der Waals surface area contributed by atoms with Gasteiger partial charge in [0, 0.05) is 11.5 Å². The van der Waals surface area contributed by atoms with Crippen molar-refractivity contribution in [1.29, 1.82) is 0 Å². The summed E-state index contributed by atoms with van der Waals surface area (Å²) < 4.78 is 0. The van der Waals surface area contributed by atoms with Crippen LogP contribution in [-0.4, -0.2) is 10.9 Å². The molecule has 12 heavy (non-hydrogen) atoms. The van der Waals surface area contributed by atoms with Gasteiger partial charge in [-0.25, -0.2) is 0 Å². The van der Waals surface area contributed by atoms with Gasteiger partial charge in [-0.05, 0) is 12.0 Å². The van der Waals surface area contributed by atoms with E-state index in [4.69, 9.17) is 5.21 Å². The lowest BCUT2D eigenvalue weighted by atomic mass is 10.1. The van der Waals surface area contributed by atoms with E-state index in [0.717, 1.165) is 17.7 Å². The van der Waals surface area contributed by atoms with Crippen LogP contribution in [0.5, 0.6) is 0 Å². The van der Waals surface area contributed by atoms with E-state index in [0.29, 0.717) is 5.92 Å². The first-order valence-electron chi connectivity index (χ1n) is 4.13. The highest BCUT2D eigenvalue weighted by Crippen LogP contribution is 2.26. The van der Waals surface area contributed by atoms with Gasteiger partial charge < -0.3 is 5.21 Å². The highest BCUT2D eigenvalue weighted by atomic mass is 16.4. The van der Waals surface area contributed by atoms with Crippen LogP contribution in [0.3, 0.4) is 0 Å². The minimum Gasteiger partial charge on any atom is -0.411 e. The molecule has 1 atom stereocenters. The van der Waals surface area contributed by atoms with Crippen LogP contribution in [0.4, 0.5) is 0 Å². The first-order valence-corrected chi connectivity index (χ1v) is 4.13. The normalized spacial score (nSPS) is 24.4. The van der Waals surface area contributed by atoms with Crippen molar-refractivity contribution in [2.45, 2.75) is 13.3 Å². The van der Waals surface area contributed by atoms with Crippen molar-refractivity contribution in [1.82, 2.24) is 0 Å². The van der Waals surface area contributed by atoms with E-state index in [1.165, 1.54) is 5.56 Å². The van der Waals surface area contributed by atoms with Crippen molar-refractivity contribution >= 4 is 5.71 Å². The first-order chi connectivity index (χ1) is 5.83. The molecule has 1 aromatic rings. The van der Waals surface area contributed by atoms with Crippen molar-refractivity contribution in [3.05, 3.63) is 35.4 Å². The molecule has 0 amide bonds. The number of hydrogen-bond donors (Lipinski definition) is 1.